The largest absolute Gasteiger partial charge is 0.454 e. The second-order valence-electron chi connectivity index (χ2n) is 6.37. The van der Waals surface area contributed by atoms with Gasteiger partial charge < -0.3 is 19.7 Å². The Kier molecular flexibility index (Phi) is 4.24. The highest BCUT2D eigenvalue weighted by Gasteiger charge is 2.22. The number of amides is 2. The predicted molar refractivity (Wildman–Crippen MR) is 97.9 cm³/mol. The van der Waals surface area contributed by atoms with E-state index in [2.05, 4.69) is 5.32 Å². The molecule has 0 radical (unpaired) electrons. The maximum absolute atomic E-state index is 12.6. The average molecular weight is 352 g/mol. The number of carbonyl (C=O) groups excluding carboxylic acids is 2. The van der Waals surface area contributed by atoms with Crippen LogP contribution in [-0.4, -0.2) is 25.2 Å². The topological polar surface area (TPSA) is 67.9 Å². The van der Waals surface area contributed by atoms with E-state index in [0.29, 0.717) is 29.2 Å². The number of nitrogens with one attached hydrogen (secondary N) is 1. The third-order valence-corrected chi connectivity index (χ3v) is 4.70. The molecule has 0 saturated heterocycles. The van der Waals surface area contributed by atoms with Crippen LogP contribution in [0.1, 0.15) is 35.7 Å². The average Bonchev–Trinajstić information content (AvgIpc) is 3.14. The predicted octanol–water partition coefficient (Wildman–Crippen LogP) is 3.36. The minimum absolute atomic E-state index is 0.102. The molecule has 2 aromatic carbocycles. The van der Waals surface area contributed by atoms with E-state index in [0.717, 1.165) is 30.6 Å². The second kappa shape index (κ2) is 6.71. The first-order valence-electron chi connectivity index (χ1n) is 8.80. The number of carbonyl (C=O) groups is 2. The Bertz CT molecular complexity index is 878. The Morgan fingerprint density at radius 2 is 1.96 bits per heavy atom. The molecule has 0 aromatic heterocycles. The molecule has 0 aliphatic carbocycles. The number of hydrogen-bond acceptors (Lipinski definition) is 4. The van der Waals surface area contributed by atoms with Crippen molar-refractivity contribution in [2.24, 2.45) is 0 Å². The molecule has 2 aromatic rings. The molecule has 2 heterocycles. The van der Waals surface area contributed by atoms with Gasteiger partial charge in [0.1, 0.15) is 0 Å². The van der Waals surface area contributed by atoms with Crippen molar-refractivity contribution in [2.45, 2.75) is 26.2 Å². The van der Waals surface area contributed by atoms with Crippen LogP contribution in [0.4, 0.5) is 11.4 Å². The fraction of sp³-hybridized carbons (Fsp3) is 0.300. The second-order valence-corrected chi connectivity index (χ2v) is 6.37. The number of fused-ring (bicyclic) bond motifs is 2. The maximum Gasteiger partial charge on any atom is 0.255 e. The Balaban J connectivity index is 1.57. The minimum Gasteiger partial charge on any atom is -0.454 e. The van der Waals surface area contributed by atoms with Gasteiger partial charge >= 0.3 is 0 Å². The van der Waals surface area contributed by atoms with Crippen molar-refractivity contribution in [1.29, 1.82) is 0 Å². The molecule has 0 unspecified atom stereocenters. The summed E-state index contributed by atoms with van der Waals surface area (Å²) < 4.78 is 10.6. The van der Waals surface area contributed by atoms with Gasteiger partial charge in [-0.2, -0.15) is 0 Å². The molecule has 134 valence electrons. The molecule has 6 nitrogen and oxygen atoms in total. The standard InChI is InChI=1S/C20H20N2O4/c1-2-19(23)22-9-3-4-13-5-7-15(11-16(13)22)21-20(24)14-6-8-17-18(10-14)26-12-25-17/h5-8,10-11H,2-4,9,12H2,1H3,(H,21,24). The van der Waals surface area contributed by atoms with Crippen molar-refractivity contribution in [1.82, 2.24) is 0 Å². The van der Waals surface area contributed by atoms with E-state index in [1.54, 1.807) is 18.2 Å². The van der Waals surface area contributed by atoms with Crippen molar-refractivity contribution in [2.75, 3.05) is 23.6 Å². The van der Waals surface area contributed by atoms with Gasteiger partial charge in [0.15, 0.2) is 11.5 Å². The summed E-state index contributed by atoms with van der Waals surface area (Å²) in [4.78, 5) is 26.6. The summed E-state index contributed by atoms with van der Waals surface area (Å²) in [7, 11) is 0. The molecule has 4 rings (SSSR count). The van der Waals surface area contributed by atoms with Crippen molar-refractivity contribution >= 4 is 23.2 Å². The van der Waals surface area contributed by atoms with E-state index in [4.69, 9.17) is 9.47 Å². The SMILES string of the molecule is CCC(=O)N1CCCc2ccc(NC(=O)c3ccc4c(c3)OCO4)cc21. The van der Waals surface area contributed by atoms with Crippen molar-refractivity contribution < 1.29 is 19.1 Å². The lowest BCUT2D eigenvalue weighted by atomic mass is 10.0. The van der Waals surface area contributed by atoms with Gasteiger partial charge in [0, 0.05) is 29.9 Å². The van der Waals surface area contributed by atoms with Crippen molar-refractivity contribution in [3.05, 3.63) is 47.5 Å². The zero-order valence-electron chi connectivity index (χ0n) is 14.6. The first kappa shape index (κ1) is 16.4. The molecule has 0 spiro atoms. The van der Waals surface area contributed by atoms with E-state index in [1.807, 2.05) is 30.0 Å². The Morgan fingerprint density at radius 3 is 2.81 bits per heavy atom. The van der Waals surface area contributed by atoms with Crippen LogP contribution < -0.4 is 19.7 Å². The summed E-state index contributed by atoms with van der Waals surface area (Å²) in [6, 6.07) is 10.8. The number of rotatable bonds is 3. The number of hydrogen-bond donors (Lipinski definition) is 1. The third kappa shape index (κ3) is 2.98. The van der Waals surface area contributed by atoms with Crippen LogP contribution in [0.25, 0.3) is 0 Å². The maximum atomic E-state index is 12.6. The molecule has 6 heteroatoms. The van der Waals surface area contributed by atoms with Gasteiger partial charge in [-0.15, -0.1) is 0 Å². The molecular formula is C20H20N2O4. The summed E-state index contributed by atoms with van der Waals surface area (Å²) in [5.41, 5.74) is 3.20. The van der Waals surface area contributed by atoms with E-state index < -0.39 is 0 Å². The zero-order chi connectivity index (χ0) is 18.1. The lowest BCUT2D eigenvalue weighted by Crippen LogP contribution is -2.35. The monoisotopic (exact) mass is 352 g/mol. The lowest BCUT2D eigenvalue weighted by Gasteiger charge is -2.29. The smallest absolute Gasteiger partial charge is 0.255 e. The van der Waals surface area contributed by atoms with Gasteiger partial charge in [-0.05, 0) is 48.7 Å². The van der Waals surface area contributed by atoms with Gasteiger partial charge in [0.2, 0.25) is 12.7 Å². The van der Waals surface area contributed by atoms with Gasteiger partial charge in [0.25, 0.3) is 5.91 Å². The third-order valence-electron chi connectivity index (χ3n) is 4.70. The Labute approximate surface area is 151 Å². The molecule has 26 heavy (non-hydrogen) atoms. The molecule has 0 fully saturated rings. The van der Waals surface area contributed by atoms with Crippen LogP contribution >= 0.6 is 0 Å². The molecule has 2 aliphatic heterocycles. The summed E-state index contributed by atoms with van der Waals surface area (Å²) in [5, 5.41) is 2.90. The zero-order valence-corrected chi connectivity index (χ0v) is 14.6. The molecule has 0 bridgehead atoms. The van der Waals surface area contributed by atoms with Crippen LogP contribution in [0.15, 0.2) is 36.4 Å². The van der Waals surface area contributed by atoms with Gasteiger partial charge in [-0.25, -0.2) is 0 Å². The highest BCUT2D eigenvalue weighted by Crippen LogP contribution is 2.33. The summed E-state index contributed by atoms with van der Waals surface area (Å²) in [6.45, 7) is 2.76. The fourth-order valence-electron chi connectivity index (χ4n) is 3.34. The minimum atomic E-state index is -0.229. The van der Waals surface area contributed by atoms with Crippen LogP contribution in [0, 0.1) is 0 Å². The molecule has 1 N–H and O–H groups in total. The van der Waals surface area contributed by atoms with E-state index in [9.17, 15) is 9.59 Å². The van der Waals surface area contributed by atoms with Crippen molar-refractivity contribution in [3.63, 3.8) is 0 Å². The van der Waals surface area contributed by atoms with Crippen LogP contribution in [0.5, 0.6) is 11.5 Å². The number of anilines is 2. The molecule has 2 aliphatic rings. The highest BCUT2D eigenvalue weighted by molar-refractivity contribution is 6.05. The Hall–Kier alpha value is -3.02. The van der Waals surface area contributed by atoms with Crippen LogP contribution in [0.2, 0.25) is 0 Å². The van der Waals surface area contributed by atoms with E-state index in [-0.39, 0.29) is 18.6 Å². The summed E-state index contributed by atoms with van der Waals surface area (Å²) in [5.74, 6) is 1.09. The first-order valence-corrected chi connectivity index (χ1v) is 8.80. The van der Waals surface area contributed by atoms with Crippen LogP contribution in [-0.2, 0) is 11.2 Å². The van der Waals surface area contributed by atoms with E-state index >= 15 is 0 Å². The number of aryl methyl sites for hydroxylation is 1. The van der Waals surface area contributed by atoms with Crippen LogP contribution in [0.3, 0.4) is 0 Å². The van der Waals surface area contributed by atoms with E-state index in [1.165, 1.54) is 0 Å². The van der Waals surface area contributed by atoms with Gasteiger partial charge in [-0.3, -0.25) is 9.59 Å². The number of ether oxygens (including phenoxy) is 2. The lowest BCUT2D eigenvalue weighted by molar-refractivity contribution is -0.118. The number of nitrogens with zero attached hydrogens (tertiary/aromatic N) is 1. The van der Waals surface area contributed by atoms with Crippen molar-refractivity contribution in [3.8, 4) is 11.5 Å². The fourth-order valence-corrected chi connectivity index (χ4v) is 3.34. The number of benzene rings is 2. The quantitative estimate of drug-likeness (QED) is 0.920. The first-order chi connectivity index (χ1) is 12.7. The van der Waals surface area contributed by atoms with Gasteiger partial charge in [-0.1, -0.05) is 13.0 Å². The highest BCUT2D eigenvalue weighted by atomic mass is 16.7. The van der Waals surface area contributed by atoms with Gasteiger partial charge in [0.05, 0.1) is 0 Å². The Morgan fingerprint density at radius 1 is 1.12 bits per heavy atom. The normalized spacial score (nSPS) is 14.7. The molecule has 0 atom stereocenters. The molecule has 2 amide bonds. The molecular weight excluding hydrogens is 332 g/mol. The molecule has 0 saturated carbocycles. The summed E-state index contributed by atoms with van der Waals surface area (Å²) >= 11 is 0. The summed E-state index contributed by atoms with van der Waals surface area (Å²) in [6.07, 6.45) is 2.37.